The number of halogens is 3. The van der Waals surface area contributed by atoms with Crippen LogP contribution in [0.4, 0.5) is 4.39 Å². The second-order valence-electron chi connectivity index (χ2n) is 1.57. The first-order valence-corrected chi connectivity index (χ1v) is 3.45. The molecule has 0 unspecified atom stereocenters. The topological polar surface area (TPSA) is 29.1 Å². The normalized spacial score (nSPS) is 8.64. The van der Waals surface area contributed by atoms with Gasteiger partial charge in [0.1, 0.15) is 4.49 Å². The summed E-state index contributed by atoms with van der Waals surface area (Å²) in [5.74, 6) is -2.12. The Morgan fingerprint density at radius 3 is 2.55 bits per heavy atom. The van der Waals surface area contributed by atoms with Crippen molar-refractivity contribution < 1.29 is 9.18 Å². The van der Waals surface area contributed by atoms with Gasteiger partial charge in [-0.15, -0.1) is 6.58 Å². The van der Waals surface area contributed by atoms with E-state index in [0.717, 1.165) is 0 Å². The highest BCUT2D eigenvalue weighted by Crippen LogP contribution is 2.14. The van der Waals surface area contributed by atoms with Crippen LogP contribution in [0.5, 0.6) is 0 Å². The van der Waals surface area contributed by atoms with E-state index >= 15 is 0 Å². The lowest BCUT2D eigenvalue weighted by atomic mass is 10.5. The van der Waals surface area contributed by atoms with Crippen LogP contribution >= 0.6 is 23.2 Å². The Hall–Kier alpha value is -0.540. The summed E-state index contributed by atoms with van der Waals surface area (Å²) >= 11 is 9.97. The Morgan fingerprint density at radius 1 is 1.64 bits per heavy atom. The largest absolute Gasteiger partial charge is 0.347 e. The lowest BCUT2D eigenvalue weighted by Crippen LogP contribution is -2.23. The van der Waals surface area contributed by atoms with E-state index in [1.807, 2.05) is 0 Å². The van der Waals surface area contributed by atoms with Crippen LogP contribution in [0, 0.1) is 0 Å². The molecule has 62 valence electrons. The number of rotatable bonds is 3. The van der Waals surface area contributed by atoms with Gasteiger partial charge in [-0.1, -0.05) is 29.3 Å². The molecule has 0 heterocycles. The fraction of sp³-hybridized carbons (Fsp3) is 0.167. The summed E-state index contributed by atoms with van der Waals surface area (Å²) in [5, 5.41) is 2.15. The highest BCUT2D eigenvalue weighted by atomic mass is 35.5. The minimum Gasteiger partial charge on any atom is -0.347 e. The van der Waals surface area contributed by atoms with Crippen molar-refractivity contribution in [3.63, 3.8) is 0 Å². The van der Waals surface area contributed by atoms with E-state index in [-0.39, 0.29) is 6.54 Å². The minimum atomic E-state index is -1.19. The first-order chi connectivity index (χ1) is 5.09. The van der Waals surface area contributed by atoms with Crippen molar-refractivity contribution in [3.05, 3.63) is 23.0 Å². The molecule has 0 atom stereocenters. The van der Waals surface area contributed by atoms with Crippen molar-refractivity contribution in [1.29, 1.82) is 0 Å². The van der Waals surface area contributed by atoms with E-state index in [1.165, 1.54) is 6.08 Å². The van der Waals surface area contributed by atoms with Crippen LogP contribution in [0.15, 0.2) is 23.0 Å². The molecule has 0 saturated heterocycles. The lowest BCUT2D eigenvalue weighted by molar-refractivity contribution is -0.118. The number of hydrogen-bond donors (Lipinski definition) is 1. The van der Waals surface area contributed by atoms with Gasteiger partial charge >= 0.3 is 0 Å². The van der Waals surface area contributed by atoms with E-state index < -0.39 is 16.2 Å². The average Bonchev–Trinajstić information content (AvgIpc) is 1.98. The molecule has 0 radical (unpaired) electrons. The summed E-state index contributed by atoms with van der Waals surface area (Å²) in [7, 11) is 0. The third-order valence-corrected chi connectivity index (χ3v) is 1.10. The first kappa shape index (κ1) is 10.5. The molecule has 0 aliphatic carbocycles. The van der Waals surface area contributed by atoms with Crippen LogP contribution in [0.2, 0.25) is 0 Å². The van der Waals surface area contributed by atoms with Gasteiger partial charge < -0.3 is 5.32 Å². The summed E-state index contributed by atoms with van der Waals surface area (Å²) < 4.78 is 11.7. The summed E-state index contributed by atoms with van der Waals surface area (Å²) in [5.41, 5.74) is 0. The molecule has 0 aliphatic heterocycles. The molecule has 0 saturated carbocycles. The van der Waals surface area contributed by atoms with Gasteiger partial charge in [0.25, 0.3) is 5.91 Å². The van der Waals surface area contributed by atoms with E-state index in [9.17, 15) is 9.18 Å². The predicted molar refractivity (Wildman–Crippen MR) is 43.0 cm³/mol. The third kappa shape index (κ3) is 4.01. The molecular formula is C6H6Cl2FNO. The molecule has 1 amide bonds. The van der Waals surface area contributed by atoms with Gasteiger partial charge in [-0.3, -0.25) is 4.79 Å². The van der Waals surface area contributed by atoms with Crippen LogP contribution in [0.1, 0.15) is 0 Å². The van der Waals surface area contributed by atoms with Crippen LogP contribution in [-0.4, -0.2) is 12.5 Å². The Kier molecular flexibility index (Phi) is 4.90. The van der Waals surface area contributed by atoms with Crippen LogP contribution in [-0.2, 0) is 4.79 Å². The zero-order valence-electron chi connectivity index (χ0n) is 5.53. The lowest BCUT2D eigenvalue weighted by Gasteiger charge is -1.97. The van der Waals surface area contributed by atoms with Gasteiger partial charge in [-0.05, 0) is 0 Å². The Morgan fingerprint density at radius 2 is 2.18 bits per heavy atom. The molecule has 0 aliphatic rings. The minimum absolute atomic E-state index is 0.174. The molecule has 0 aromatic carbocycles. The van der Waals surface area contributed by atoms with Crippen molar-refractivity contribution in [1.82, 2.24) is 5.32 Å². The second-order valence-corrected chi connectivity index (χ2v) is 2.52. The van der Waals surface area contributed by atoms with Crippen molar-refractivity contribution in [2.75, 3.05) is 6.54 Å². The van der Waals surface area contributed by atoms with Gasteiger partial charge in [0.05, 0.1) is 0 Å². The van der Waals surface area contributed by atoms with Crippen LogP contribution in [0.3, 0.4) is 0 Å². The maximum Gasteiger partial charge on any atom is 0.282 e. The summed E-state index contributed by atoms with van der Waals surface area (Å²) in [6, 6.07) is 0. The fourth-order valence-electron chi connectivity index (χ4n) is 0.328. The number of nitrogens with one attached hydrogen (secondary N) is 1. The standard InChI is InChI=1S/C6H6Cl2FNO/c1-2-3-10-6(11)4(9)5(7)8/h2H,1,3H2,(H,10,11). The van der Waals surface area contributed by atoms with Gasteiger partial charge in [-0.2, -0.15) is 4.39 Å². The van der Waals surface area contributed by atoms with Gasteiger partial charge in [0.2, 0.25) is 5.83 Å². The Balaban J connectivity index is 4.04. The molecule has 0 spiro atoms. The molecule has 2 nitrogen and oxygen atoms in total. The van der Waals surface area contributed by atoms with Crippen LogP contribution < -0.4 is 5.32 Å². The molecule has 0 bridgehead atoms. The predicted octanol–water partition coefficient (Wildman–Crippen LogP) is 1.90. The van der Waals surface area contributed by atoms with Gasteiger partial charge in [-0.25, -0.2) is 0 Å². The Labute approximate surface area is 73.7 Å². The SMILES string of the molecule is C=CCNC(=O)C(F)=C(Cl)Cl. The zero-order chi connectivity index (χ0) is 8.85. The number of amides is 1. The maximum absolute atomic E-state index is 12.4. The Bertz CT molecular complexity index is 199. The molecular weight excluding hydrogens is 192 g/mol. The highest BCUT2D eigenvalue weighted by Gasteiger charge is 2.10. The molecule has 0 aromatic heterocycles. The van der Waals surface area contributed by atoms with Gasteiger partial charge in [0.15, 0.2) is 0 Å². The molecule has 0 fully saturated rings. The molecule has 11 heavy (non-hydrogen) atoms. The van der Waals surface area contributed by atoms with E-state index in [2.05, 4.69) is 11.9 Å². The first-order valence-electron chi connectivity index (χ1n) is 2.69. The van der Waals surface area contributed by atoms with E-state index in [4.69, 9.17) is 23.2 Å². The highest BCUT2D eigenvalue weighted by molar-refractivity contribution is 6.57. The molecule has 0 aromatic rings. The maximum atomic E-state index is 12.4. The molecule has 0 rings (SSSR count). The van der Waals surface area contributed by atoms with Crippen molar-refractivity contribution in [3.8, 4) is 0 Å². The zero-order valence-corrected chi connectivity index (χ0v) is 7.05. The smallest absolute Gasteiger partial charge is 0.282 e. The summed E-state index contributed by atoms with van der Waals surface area (Å²) in [6.07, 6.45) is 1.41. The number of carbonyl (C=O) groups is 1. The molecule has 1 N–H and O–H groups in total. The van der Waals surface area contributed by atoms with Crippen molar-refractivity contribution in [2.24, 2.45) is 0 Å². The molecule has 5 heteroatoms. The third-order valence-electron chi connectivity index (χ3n) is 0.772. The van der Waals surface area contributed by atoms with E-state index in [1.54, 1.807) is 0 Å². The number of hydrogen-bond acceptors (Lipinski definition) is 1. The fourth-order valence-corrected chi connectivity index (χ4v) is 0.500. The number of carbonyl (C=O) groups excluding carboxylic acids is 1. The summed E-state index contributed by atoms with van der Waals surface area (Å²) in [4.78, 5) is 10.6. The quantitative estimate of drug-likeness (QED) is 0.544. The monoisotopic (exact) mass is 197 g/mol. The summed E-state index contributed by atoms with van der Waals surface area (Å²) in [6.45, 7) is 3.49. The van der Waals surface area contributed by atoms with Gasteiger partial charge in [0, 0.05) is 6.54 Å². The van der Waals surface area contributed by atoms with E-state index in [0.29, 0.717) is 0 Å². The van der Waals surface area contributed by atoms with Crippen LogP contribution in [0.25, 0.3) is 0 Å². The van der Waals surface area contributed by atoms with Crippen molar-refractivity contribution >= 4 is 29.1 Å². The average molecular weight is 198 g/mol. The van der Waals surface area contributed by atoms with Crippen molar-refractivity contribution in [2.45, 2.75) is 0 Å². The second kappa shape index (κ2) is 5.16.